The van der Waals surface area contributed by atoms with Crippen LogP contribution < -0.4 is 5.32 Å². The Hall–Kier alpha value is -2.98. The van der Waals surface area contributed by atoms with E-state index in [1.165, 1.54) is 5.56 Å². The van der Waals surface area contributed by atoms with Gasteiger partial charge in [0.2, 0.25) is 0 Å². The second-order valence-electron chi connectivity index (χ2n) is 7.13. The third-order valence-electron chi connectivity index (χ3n) is 5.07. The first-order chi connectivity index (χ1) is 13.2. The molecule has 1 fully saturated rings. The maximum Gasteiger partial charge on any atom is 0.409 e. The number of nitrogens with one attached hydrogen (secondary N) is 1. The van der Waals surface area contributed by atoms with Crippen molar-refractivity contribution in [3.63, 3.8) is 0 Å². The minimum atomic E-state index is -4.50. The van der Waals surface area contributed by atoms with Gasteiger partial charge in [-0.3, -0.25) is 9.69 Å². The lowest BCUT2D eigenvalue weighted by atomic mass is 9.89. The molecule has 1 aromatic heterocycles. The van der Waals surface area contributed by atoms with Gasteiger partial charge in [0.25, 0.3) is 5.91 Å². The van der Waals surface area contributed by atoms with Crippen molar-refractivity contribution in [2.75, 3.05) is 0 Å². The van der Waals surface area contributed by atoms with Gasteiger partial charge < -0.3 is 5.32 Å². The fraction of sp³-hybridized carbons (Fsp3) is 0.471. The number of urea groups is 1. The molecule has 28 heavy (non-hydrogen) atoms. The molecule has 1 aliphatic carbocycles. The predicted molar refractivity (Wildman–Crippen MR) is 88.8 cm³/mol. The number of nitrogens with zero attached hydrogens (tertiary/aromatic N) is 5. The van der Waals surface area contributed by atoms with E-state index in [1.54, 1.807) is 6.92 Å². The molecule has 3 amide bonds. The van der Waals surface area contributed by atoms with Gasteiger partial charge in [0.1, 0.15) is 5.54 Å². The monoisotopic (exact) mass is 394 g/mol. The number of alkyl halides is 3. The van der Waals surface area contributed by atoms with Gasteiger partial charge in [-0.25, -0.2) is 4.79 Å². The van der Waals surface area contributed by atoms with E-state index in [0.717, 1.165) is 29.7 Å². The van der Waals surface area contributed by atoms with Crippen LogP contribution >= 0.6 is 0 Å². The molecule has 1 saturated heterocycles. The lowest BCUT2D eigenvalue weighted by Gasteiger charge is -2.23. The maximum atomic E-state index is 13.0. The van der Waals surface area contributed by atoms with E-state index in [9.17, 15) is 22.8 Å². The van der Waals surface area contributed by atoms with Crippen LogP contribution in [0.5, 0.6) is 0 Å². The summed E-state index contributed by atoms with van der Waals surface area (Å²) in [6, 6.07) is 5.07. The number of carbonyl (C=O) groups excluding carboxylic acids is 2. The second kappa shape index (κ2) is 6.28. The summed E-state index contributed by atoms with van der Waals surface area (Å²) in [5, 5.41) is 13.1. The number of benzene rings is 1. The van der Waals surface area contributed by atoms with Gasteiger partial charge in [-0.05, 0) is 48.1 Å². The first-order valence-electron chi connectivity index (χ1n) is 8.75. The molecule has 1 atom stereocenters. The van der Waals surface area contributed by atoms with Gasteiger partial charge in [-0.2, -0.15) is 18.0 Å². The Morgan fingerprint density at radius 2 is 1.96 bits per heavy atom. The van der Waals surface area contributed by atoms with Crippen molar-refractivity contribution >= 4 is 11.9 Å². The third kappa shape index (κ3) is 3.20. The van der Waals surface area contributed by atoms with Gasteiger partial charge in [0.15, 0.2) is 12.4 Å². The molecule has 4 rings (SSSR count). The van der Waals surface area contributed by atoms with E-state index >= 15 is 0 Å². The molecule has 1 unspecified atom stereocenters. The van der Waals surface area contributed by atoms with Gasteiger partial charge in [-0.15, -0.1) is 10.2 Å². The van der Waals surface area contributed by atoms with Crippen LogP contribution in [0.1, 0.15) is 35.9 Å². The number of rotatable bonds is 4. The minimum absolute atomic E-state index is 0.147. The van der Waals surface area contributed by atoms with Crippen LogP contribution in [0.25, 0.3) is 0 Å². The fourth-order valence-electron chi connectivity index (χ4n) is 3.63. The number of halogens is 3. The van der Waals surface area contributed by atoms with Gasteiger partial charge >= 0.3 is 12.2 Å². The number of aromatic nitrogens is 4. The molecule has 1 N–H and O–H groups in total. The molecular weight excluding hydrogens is 377 g/mol. The van der Waals surface area contributed by atoms with Crippen LogP contribution in [0, 0.1) is 0 Å². The minimum Gasteiger partial charge on any atom is -0.319 e. The zero-order valence-corrected chi connectivity index (χ0v) is 15.0. The van der Waals surface area contributed by atoms with E-state index in [0.29, 0.717) is 10.4 Å². The number of amides is 3. The molecule has 2 heterocycles. The SMILES string of the molecule is CC1(c2ccc3c(c2)CCC3)NC(=O)N(Cc2nnn(CC(F)(F)F)n2)C1=O. The van der Waals surface area contributed by atoms with Crippen molar-refractivity contribution in [3.8, 4) is 0 Å². The van der Waals surface area contributed by atoms with Crippen molar-refractivity contribution in [2.24, 2.45) is 0 Å². The van der Waals surface area contributed by atoms with Crippen molar-refractivity contribution in [2.45, 2.75) is 51.0 Å². The molecule has 8 nitrogen and oxygen atoms in total. The highest BCUT2D eigenvalue weighted by atomic mass is 19.4. The highest BCUT2D eigenvalue weighted by Crippen LogP contribution is 2.33. The van der Waals surface area contributed by atoms with Crippen molar-refractivity contribution in [3.05, 3.63) is 40.7 Å². The number of fused-ring (bicyclic) bond motifs is 1. The zero-order valence-electron chi connectivity index (χ0n) is 15.0. The average Bonchev–Trinajstić information content (AvgIpc) is 3.29. The molecule has 0 radical (unpaired) electrons. The van der Waals surface area contributed by atoms with Gasteiger partial charge in [0, 0.05) is 0 Å². The fourth-order valence-corrected chi connectivity index (χ4v) is 3.63. The highest BCUT2D eigenvalue weighted by molar-refractivity contribution is 6.07. The standard InChI is InChI=1S/C17H17F3N6O2/c1-16(12-6-5-10-3-2-4-11(10)7-12)14(27)25(15(28)21-16)8-13-22-24-26(23-13)9-17(18,19)20/h5-7H,2-4,8-9H2,1H3,(H,21,28). The Morgan fingerprint density at radius 1 is 1.21 bits per heavy atom. The number of aryl methyl sites for hydroxylation is 2. The average molecular weight is 394 g/mol. The molecule has 0 bridgehead atoms. The normalized spacial score (nSPS) is 21.9. The summed E-state index contributed by atoms with van der Waals surface area (Å²) in [7, 11) is 0. The number of hydrogen-bond donors (Lipinski definition) is 1. The number of tetrazole rings is 1. The van der Waals surface area contributed by atoms with Crippen molar-refractivity contribution in [1.82, 2.24) is 30.4 Å². The lowest BCUT2D eigenvalue weighted by Crippen LogP contribution is -2.41. The molecule has 1 aliphatic heterocycles. The van der Waals surface area contributed by atoms with E-state index in [-0.39, 0.29) is 12.4 Å². The van der Waals surface area contributed by atoms with Gasteiger partial charge in [0.05, 0.1) is 6.54 Å². The Kier molecular flexibility index (Phi) is 4.12. The number of hydrogen-bond acceptors (Lipinski definition) is 5. The molecule has 11 heteroatoms. The molecule has 0 spiro atoms. The largest absolute Gasteiger partial charge is 0.409 e. The first kappa shape index (κ1) is 18.4. The topological polar surface area (TPSA) is 93.0 Å². The second-order valence-corrected chi connectivity index (χ2v) is 7.13. The molecule has 0 saturated carbocycles. The number of carbonyl (C=O) groups is 2. The van der Waals surface area contributed by atoms with Gasteiger partial charge in [-0.1, -0.05) is 18.2 Å². The summed E-state index contributed by atoms with van der Waals surface area (Å²) in [5.74, 6) is -0.659. The molecule has 1 aromatic carbocycles. The summed E-state index contributed by atoms with van der Waals surface area (Å²) in [4.78, 5) is 26.6. The summed E-state index contributed by atoms with van der Waals surface area (Å²) in [6.45, 7) is -0.145. The van der Waals surface area contributed by atoms with E-state index in [1.807, 2.05) is 18.2 Å². The summed E-state index contributed by atoms with van der Waals surface area (Å²) < 4.78 is 37.2. The van der Waals surface area contributed by atoms with E-state index in [2.05, 4.69) is 20.7 Å². The molecule has 148 valence electrons. The molecular formula is C17H17F3N6O2. The third-order valence-corrected chi connectivity index (χ3v) is 5.07. The maximum absolute atomic E-state index is 13.0. The quantitative estimate of drug-likeness (QED) is 0.797. The Morgan fingerprint density at radius 3 is 2.71 bits per heavy atom. The molecule has 2 aliphatic rings. The zero-order chi connectivity index (χ0) is 20.1. The van der Waals surface area contributed by atoms with Crippen molar-refractivity contribution in [1.29, 1.82) is 0 Å². The highest BCUT2D eigenvalue weighted by Gasteiger charge is 2.49. The van der Waals surface area contributed by atoms with E-state index in [4.69, 9.17) is 0 Å². The molecule has 2 aromatic rings. The summed E-state index contributed by atoms with van der Waals surface area (Å²) in [5.41, 5.74) is 1.82. The Labute approximate surface area is 157 Å². The smallest absolute Gasteiger partial charge is 0.319 e. The van der Waals surface area contributed by atoms with Crippen LogP contribution in [-0.2, 0) is 36.3 Å². The van der Waals surface area contributed by atoms with Crippen LogP contribution in [-0.4, -0.2) is 43.2 Å². The predicted octanol–water partition coefficient (Wildman–Crippen LogP) is 1.69. The van der Waals surface area contributed by atoms with Crippen molar-refractivity contribution < 1.29 is 22.8 Å². The first-order valence-corrected chi connectivity index (χ1v) is 8.75. The van der Waals surface area contributed by atoms with Crippen LogP contribution in [0.4, 0.5) is 18.0 Å². The summed E-state index contributed by atoms with van der Waals surface area (Å²) in [6.07, 6.45) is -1.51. The van der Waals surface area contributed by atoms with E-state index < -0.39 is 30.2 Å². The van der Waals surface area contributed by atoms with Crippen LogP contribution in [0.15, 0.2) is 18.2 Å². The number of imide groups is 1. The Balaban J connectivity index is 1.54. The van der Waals surface area contributed by atoms with Crippen LogP contribution in [0.3, 0.4) is 0 Å². The Bertz CT molecular complexity index is 957. The summed E-state index contributed by atoms with van der Waals surface area (Å²) >= 11 is 0. The lowest BCUT2D eigenvalue weighted by molar-refractivity contribution is -0.145. The van der Waals surface area contributed by atoms with Crippen LogP contribution in [0.2, 0.25) is 0 Å².